The van der Waals surface area contributed by atoms with E-state index < -0.39 is 27.5 Å². The number of fused-ring (bicyclic) bond motifs is 1. The van der Waals surface area contributed by atoms with Crippen LogP contribution >= 0.6 is 0 Å². The highest BCUT2D eigenvalue weighted by Gasteiger charge is 2.24. The molecule has 2 aromatic heterocycles. The van der Waals surface area contributed by atoms with Crippen molar-refractivity contribution in [1.29, 1.82) is 0 Å². The highest BCUT2D eigenvalue weighted by atomic mass is 32.2. The predicted molar refractivity (Wildman–Crippen MR) is 122 cm³/mol. The molecule has 0 spiro atoms. The van der Waals surface area contributed by atoms with Gasteiger partial charge in [0.1, 0.15) is 17.3 Å². The van der Waals surface area contributed by atoms with Crippen LogP contribution in [-0.4, -0.2) is 41.6 Å². The van der Waals surface area contributed by atoms with Gasteiger partial charge in [0.2, 0.25) is 0 Å². The molecule has 4 aromatic rings. The minimum absolute atomic E-state index is 0.0453. The minimum Gasteiger partial charge on any atom is -0.462 e. The van der Waals surface area contributed by atoms with E-state index in [1.54, 1.807) is 18.5 Å². The van der Waals surface area contributed by atoms with E-state index in [4.69, 9.17) is 4.74 Å². The monoisotopic (exact) mass is 468 g/mol. The number of pyridine rings is 1. The molecule has 0 amide bonds. The number of nitrogens with one attached hydrogen (secondary N) is 1. The van der Waals surface area contributed by atoms with Crippen LogP contribution in [0.3, 0.4) is 0 Å². The molecular weight excluding hydrogens is 447 g/mol. The van der Waals surface area contributed by atoms with E-state index in [0.717, 1.165) is 17.8 Å². The van der Waals surface area contributed by atoms with Crippen LogP contribution in [-0.2, 0) is 14.6 Å². The van der Waals surface area contributed by atoms with Crippen LogP contribution in [0.5, 0.6) is 0 Å². The van der Waals surface area contributed by atoms with E-state index in [0.29, 0.717) is 16.7 Å². The normalized spacial score (nSPS) is 11.5. The van der Waals surface area contributed by atoms with Crippen molar-refractivity contribution in [2.45, 2.75) is 18.7 Å². The van der Waals surface area contributed by atoms with E-state index in [-0.39, 0.29) is 22.8 Å². The fourth-order valence-corrected chi connectivity index (χ4v) is 4.49. The summed E-state index contributed by atoms with van der Waals surface area (Å²) in [5.41, 5.74) is 2.11. The number of carbonyl (C=O) groups excluding carboxylic acids is 1. The summed E-state index contributed by atoms with van der Waals surface area (Å²) in [7, 11) is -3.83. The maximum absolute atomic E-state index is 13.2. The number of aromatic nitrogens is 3. The molecule has 0 saturated carbocycles. The molecule has 0 radical (unpaired) electrons. The number of anilines is 1. The maximum Gasteiger partial charge on any atom is 0.341 e. The Morgan fingerprint density at radius 3 is 2.48 bits per heavy atom. The molecule has 0 bridgehead atoms. The van der Waals surface area contributed by atoms with E-state index in [1.165, 1.54) is 18.3 Å². The Balaban J connectivity index is 1.82. The van der Waals surface area contributed by atoms with Crippen LogP contribution in [0.4, 0.5) is 10.1 Å². The van der Waals surface area contributed by atoms with E-state index in [1.807, 2.05) is 30.3 Å². The summed E-state index contributed by atoms with van der Waals surface area (Å²) < 4.78 is 45.7. The van der Waals surface area contributed by atoms with Crippen molar-refractivity contribution in [2.75, 3.05) is 17.8 Å². The first-order chi connectivity index (χ1) is 15.8. The van der Waals surface area contributed by atoms with Crippen molar-refractivity contribution in [2.24, 2.45) is 0 Å². The fourth-order valence-electron chi connectivity index (χ4n) is 3.44. The molecule has 8 nitrogen and oxygen atoms in total. The Hall–Kier alpha value is -3.79. The molecular formula is C23H21FN4O4S. The summed E-state index contributed by atoms with van der Waals surface area (Å²) in [6, 6.07) is 13.9. The number of rotatable bonds is 7. The number of halogens is 1. The molecule has 1 N–H and O–H groups in total. The van der Waals surface area contributed by atoms with Crippen molar-refractivity contribution in [3.63, 3.8) is 0 Å². The van der Waals surface area contributed by atoms with Gasteiger partial charge in [-0.2, -0.15) is 5.10 Å². The number of nitrogens with zero attached hydrogens (tertiary/aromatic N) is 3. The predicted octanol–water partition coefficient (Wildman–Crippen LogP) is 3.89. The standard InChI is InChI=1S/C23H21FN4O4S/c1-3-32-23(29)19-13-25-22-20(15(2)27-28(22)17-7-5-4-6-8-17)21(19)26-14-33(30,31)18-11-9-16(24)10-12-18/h4-13H,3,14H2,1-2H3,(H,25,26). The van der Waals surface area contributed by atoms with Crippen molar-refractivity contribution >= 4 is 32.5 Å². The number of para-hydroxylation sites is 1. The van der Waals surface area contributed by atoms with Crippen molar-refractivity contribution in [3.05, 3.63) is 77.9 Å². The molecule has 2 heterocycles. The molecule has 0 atom stereocenters. The SMILES string of the molecule is CCOC(=O)c1cnc2c(c(C)nn2-c2ccccc2)c1NCS(=O)(=O)c1ccc(F)cc1. The molecule has 0 unspecified atom stereocenters. The van der Waals surface area contributed by atoms with Crippen molar-refractivity contribution in [1.82, 2.24) is 14.8 Å². The van der Waals surface area contributed by atoms with Crippen LogP contribution < -0.4 is 5.32 Å². The first-order valence-electron chi connectivity index (χ1n) is 10.1. The zero-order valence-electron chi connectivity index (χ0n) is 17.9. The number of ether oxygens (including phenoxy) is 1. The highest BCUT2D eigenvalue weighted by Crippen LogP contribution is 2.31. The quantitative estimate of drug-likeness (QED) is 0.324. The third-order valence-electron chi connectivity index (χ3n) is 4.98. The summed E-state index contributed by atoms with van der Waals surface area (Å²) in [4.78, 5) is 17.0. The Labute approximate surface area is 189 Å². The molecule has 0 aliphatic rings. The number of carbonyl (C=O) groups is 1. The smallest absolute Gasteiger partial charge is 0.341 e. The second kappa shape index (κ2) is 8.99. The Morgan fingerprint density at radius 2 is 1.82 bits per heavy atom. The highest BCUT2D eigenvalue weighted by molar-refractivity contribution is 7.91. The molecule has 10 heteroatoms. The van der Waals surface area contributed by atoms with E-state index in [9.17, 15) is 17.6 Å². The minimum atomic E-state index is -3.83. The molecule has 0 saturated heterocycles. The second-order valence-corrected chi connectivity index (χ2v) is 9.18. The molecule has 0 aliphatic heterocycles. The average Bonchev–Trinajstić information content (AvgIpc) is 3.15. The van der Waals surface area contributed by atoms with Gasteiger partial charge in [-0.1, -0.05) is 18.2 Å². The lowest BCUT2D eigenvalue weighted by Crippen LogP contribution is -2.18. The first-order valence-corrected chi connectivity index (χ1v) is 11.8. The molecule has 0 fully saturated rings. The summed E-state index contributed by atoms with van der Waals surface area (Å²) in [6.45, 7) is 3.57. The summed E-state index contributed by atoms with van der Waals surface area (Å²) >= 11 is 0. The lowest BCUT2D eigenvalue weighted by atomic mass is 10.1. The van der Waals surface area contributed by atoms with E-state index >= 15 is 0 Å². The van der Waals surface area contributed by atoms with Gasteiger partial charge in [0.05, 0.1) is 34.0 Å². The van der Waals surface area contributed by atoms with Gasteiger partial charge in [0.25, 0.3) is 0 Å². The number of hydrogen-bond donors (Lipinski definition) is 1. The lowest BCUT2D eigenvalue weighted by molar-refractivity contribution is 0.0527. The van der Waals surface area contributed by atoms with Crippen LogP contribution in [0.1, 0.15) is 23.0 Å². The van der Waals surface area contributed by atoms with Crippen molar-refractivity contribution < 1.29 is 22.3 Å². The Morgan fingerprint density at radius 1 is 1.12 bits per heavy atom. The average molecular weight is 469 g/mol. The number of hydrogen-bond acceptors (Lipinski definition) is 7. The summed E-state index contributed by atoms with van der Waals surface area (Å²) in [5.74, 6) is -1.70. The van der Waals surface area contributed by atoms with Crippen LogP contribution in [0.25, 0.3) is 16.7 Å². The number of benzene rings is 2. The van der Waals surface area contributed by atoms with Gasteiger partial charge < -0.3 is 10.1 Å². The lowest BCUT2D eigenvalue weighted by Gasteiger charge is -2.13. The van der Waals surface area contributed by atoms with Crippen LogP contribution in [0.15, 0.2) is 65.7 Å². The zero-order chi connectivity index (χ0) is 23.6. The number of esters is 1. The molecule has 170 valence electrons. The van der Waals surface area contributed by atoms with Gasteiger partial charge in [-0.05, 0) is 50.2 Å². The van der Waals surface area contributed by atoms with E-state index in [2.05, 4.69) is 15.4 Å². The Kier molecular flexibility index (Phi) is 6.10. The van der Waals surface area contributed by atoms with Gasteiger partial charge in [-0.3, -0.25) is 0 Å². The summed E-state index contributed by atoms with van der Waals surface area (Å²) in [5, 5.41) is 7.93. The number of sulfone groups is 1. The molecule has 2 aromatic carbocycles. The van der Waals surface area contributed by atoms with Gasteiger partial charge in [-0.25, -0.2) is 27.3 Å². The van der Waals surface area contributed by atoms with Crippen LogP contribution in [0, 0.1) is 12.7 Å². The maximum atomic E-state index is 13.2. The summed E-state index contributed by atoms with van der Waals surface area (Å²) in [6.07, 6.45) is 1.34. The number of aryl methyl sites for hydroxylation is 1. The fraction of sp³-hybridized carbons (Fsp3) is 0.174. The van der Waals surface area contributed by atoms with Gasteiger partial charge in [-0.15, -0.1) is 0 Å². The van der Waals surface area contributed by atoms with Crippen molar-refractivity contribution in [3.8, 4) is 5.69 Å². The van der Waals surface area contributed by atoms with Gasteiger partial charge >= 0.3 is 5.97 Å². The third-order valence-corrected chi connectivity index (χ3v) is 6.49. The topological polar surface area (TPSA) is 103 Å². The molecule has 33 heavy (non-hydrogen) atoms. The largest absolute Gasteiger partial charge is 0.462 e. The molecule has 4 rings (SSSR count). The second-order valence-electron chi connectivity index (χ2n) is 7.19. The third kappa shape index (κ3) is 4.42. The zero-order valence-corrected chi connectivity index (χ0v) is 18.8. The Bertz CT molecular complexity index is 1420. The molecule has 0 aliphatic carbocycles. The van der Waals surface area contributed by atoms with Crippen LogP contribution in [0.2, 0.25) is 0 Å². The van der Waals surface area contributed by atoms with Gasteiger partial charge in [0.15, 0.2) is 15.5 Å². The van der Waals surface area contributed by atoms with Gasteiger partial charge in [0, 0.05) is 6.20 Å². The first kappa shape index (κ1) is 22.4.